The summed E-state index contributed by atoms with van der Waals surface area (Å²) < 4.78 is 25.7. The van der Waals surface area contributed by atoms with Crippen molar-refractivity contribution < 1.29 is 18.9 Å². The van der Waals surface area contributed by atoms with E-state index in [2.05, 4.69) is 25.3 Å². The summed E-state index contributed by atoms with van der Waals surface area (Å²) in [4.78, 5) is 12.7. The van der Waals surface area contributed by atoms with Gasteiger partial charge in [0.1, 0.15) is 12.4 Å². The van der Waals surface area contributed by atoms with Gasteiger partial charge >= 0.3 is 0 Å². The second kappa shape index (κ2) is 9.77. The van der Waals surface area contributed by atoms with Crippen molar-refractivity contribution in [2.45, 2.75) is 59.3 Å². The van der Waals surface area contributed by atoms with E-state index in [0.29, 0.717) is 31.8 Å². The van der Waals surface area contributed by atoms with Crippen LogP contribution in [0.2, 0.25) is 0 Å². The fraction of sp³-hybridized carbons (Fsp3) is 0.577. The van der Waals surface area contributed by atoms with Crippen LogP contribution < -0.4 is 10.2 Å². The Bertz CT molecular complexity index is 1040. The summed E-state index contributed by atoms with van der Waals surface area (Å²) in [7, 11) is 0. The van der Waals surface area contributed by atoms with Crippen LogP contribution in [-0.4, -0.2) is 49.8 Å². The number of aryl methyl sites for hydroxylation is 1. The predicted octanol–water partition coefficient (Wildman–Crippen LogP) is 4.34. The quantitative estimate of drug-likeness (QED) is 0.571. The molecule has 6 heteroatoms. The van der Waals surface area contributed by atoms with Crippen LogP contribution in [0.5, 0.6) is 5.75 Å². The molecule has 0 saturated carbocycles. The first-order valence-corrected chi connectivity index (χ1v) is 11.7. The third-order valence-corrected chi connectivity index (χ3v) is 6.95. The van der Waals surface area contributed by atoms with Gasteiger partial charge in [-0.05, 0) is 49.8 Å². The molecule has 1 fully saturated rings. The Morgan fingerprint density at radius 1 is 1.28 bits per heavy atom. The summed E-state index contributed by atoms with van der Waals surface area (Å²) in [6.07, 6.45) is 8.19. The van der Waals surface area contributed by atoms with Gasteiger partial charge in [-0.1, -0.05) is 26.0 Å². The number of aromatic nitrogens is 1. The van der Waals surface area contributed by atoms with Crippen LogP contribution in [0.25, 0.3) is 17.0 Å². The molecule has 0 N–H and O–H groups in total. The Labute approximate surface area is 190 Å². The van der Waals surface area contributed by atoms with Crippen molar-refractivity contribution in [1.82, 2.24) is 4.57 Å². The van der Waals surface area contributed by atoms with Crippen molar-refractivity contribution in [1.29, 1.82) is 0 Å². The average Bonchev–Trinajstić information content (AvgIpc) is 2.78. The lowest BCUT2D eigenvalue weighted by molar-refractivity contribution is -0.167. The number of benzene rings is 1. The number of rotatable bonds is 8. The fourth-order valence-electron chi connectivity index (χ4n) is 4.86. The molecule has 0 spiro atoms. The molecule has 2 aliphatic heterocycles. The van der Waals surface area contributed by atoms with Crippen LogP contribution in [0.4, 0.5) is 0 Å². The number of ether oxygens (including phenoxy) is 4. The molecule has 0 aliphatic carbocycles. The zero-order valence-electron chi connectivity index (χ0n) is 19.7. The summed E-state index contributed by atoms with van der Waals surface area (Å²) in [6, 6.07) is 3.93. The molecular weight excluding hydrogens is 406 g/mol. The van der Waals surface area contributed by atoms with Gasteiger partial charge in [0.25, 0.3) is 0 Å². The highest BCUT2D eigenvalue weighted by molar-refractivity contribution is 5.88. The van der Waals surface area contributed by atoms with Crippen LogP contribution in [0.1, 0.15) is 44.7 Å². The van der Waals surface area contributed by atoms with Gasteiger partial charge in [-0.2, -0.15) is 0 Å². The minimum atomic E-state index is 0.0617. The van der Waals surface area contributed by atoms with E-state index in [9.17, 15) is 4.79 Å². The van der Waals surface area contributed by atoms with E-state index < -0.39 is 0 Å². The monoisotopic (exact) mass is 441 g/mol. The Kier molecular flexibility index (Phi) is 7.03. The highest BCUT2D eigenvalue weighted by atomic mass is 16.6. The van der Waals surface area contributed by atoms with Gasteiger partial charge in [0, 0.05) is 18.4 Å². The van der Waals surface area contributed by atoms with E-state index in [1.54, 1.807) is 0 Å². The molecule has 32 heavy (non-hydrogen) atoms. The Hall–Kier alpha value is -2.15. The molecule has 1 saturated heterocycles. The van der Waals surface area contributed by atoms with E-state index in [1.165, 1.54) is 0 Å². The molecule has 2 aliphatic rings. The molecule has 1 aromatic carbocycles. The van der Waals surface area contributed by atoms with Crippen LogP contribution in [0.3, 0.4) is 0 Å². The number of hydrogen-bond donors (Lipinski definition) is 0. The Morgan fingerprint density at radius 2 is 2.12 bits per heavy atom. The molecule has 1 aromatic heterocycles. The molecule has 3 atom stereocenters. The van der Waals surface area contributed by atoms with Gasteiger partial charge in [-0.3, -0.25) is 4.79 Å². The predicted molar refractivity (Wildman–Crippen MR) is 126 cm³/mol. The summed E-state index contributed by atoms with van der Waals surface area (Å²) >= 11 is 0. The minimum absolute atomic E-state index is 0.0617. The summed E-state index contributed by atoms with van der Waals surface area (Å²) in [5.41, 5.74) is 2.80. The first-order chi connectivity index (χ1) is 15.4. The summed E-state index contributed by atoms with van der Waals surface area (Å²) in [5.74, 6) is 0.766. The van der Waals surface area contributed by atoms with Gasteiger partial charge in [0.2, 0.25) is 0 Å². The van der Waals surface area contributed by atoms with Crippen molar-refractivity contribution >= 4 is 17.0 Å². The van der Waals surface area contributed by atoms with Gasteiger partial charge in [-0.15, -0.1) is 0 Å². The van der Waals surface area contributed by atoms with Gasteiger partial charge < -0.3 is 23.5 Å². The largest absolute Gasteiger partial charge is 0.489 e. The standard InChI is InChI=1S/C26H35NO5/c1-5-26(4)8-11-30-19(3)25(26)32-14-13-29-10-6-7-20-15-21-23-22(16-20)31-12-9-27(23)17-18(2)24(21)28/h6-7,15-17,19,25H,5,8-14H2,1-4H3/b7-6+/t19?,25-,26+/m0/s1. The van der Waals surface area contributed by atoms with Crippen molar-refractivity contribution in [3.8, 4) is 5.75 Å². The zero-order chi connectivity index (χ0) is 22.7. The fourth-order valence-corrected chi connectivity index (χ4v) is 4.86. The summed E-state index contributed by atoms with van der Waals surface area (Å²) in [6.45, 7) is 12.2. The SMILES string of the molecule is CC[C@]1(C)CCOC(C)[C@@H]1OCCOC/C=C/c1cc2c3c(c1)c(=O)c(C)cn3CCO2. The zero-order valence-corrected chi connectivity index (χ0v) is 19.7. The third kappa shape index (κ3) is 4.63. The Morgan fingerprint density at radius 3 is 2.94 bits per heavy atom. The first kappa shape index (κ1) is 23.0. The Balaban J connectivity index is 1.32. The molecule has 1 unspecified atom stereocenters. The normalized spacial score (nSPS) is 25.4. The van der Waals surface area contributed by atoms with Gasteiger partial charge in [0.05, 0.1) is 49.5 Å². The van der Waals surface area contributed by atoms with Gasteiger partial charge in [0.15, 0.2) is 5.43 Å². The lowest BCUT2D eigenvalue weighted by Crippen LogP contribution is -2.48. The molecule has 174 valence electrons. The summed E-state index contributed by atoms with van der Waals surface area (Å²) in [5, 5.41) is 0.707. The molecule has 0 bridgehead atoms. The number of pyridine rings is 1. The van der Waals surface area contributed by atoms with E-state index in [4.69, 9.17) is 18.9 Å². The highest BCUT2D eigenvalue weighted by Gasteiger charge is 2.40. The van der Waals surface area contributed by atoms with Crippen LogP contribution >= 0.6 is 0 Å². The van der Waals surface area contributed by atoms with Crippen LogP contribution in [0, 0.1) is 12.3 Å². The van der Waals surface area contributed by atoms with Crippen molar-refractivity contribution in [3.63, 3.8) is 0 Å². The molecule has 6 nitrogen and oxygen atoms in total. The molecular formula is C26H35NO5. The smallest absolute Gasteiger partial charge is 0.192 e. The van der Waals surface area contributed by atoms with Gasteiger partial charge in [-0.25, -0.2) is 0 Å². The topological polar surface area (TPSA) is 58.9 Å². The minimum Gasteiger partial charge on any atom is -0.489 e. The molecule has 4 rings (SSSR count). The van der Waals surface area contributed by atoms with Crippen LogP contribution in [-0.2, 0) is 20.8 Å². The second-order valence-corrected chi connectivity index (χ2v) is 9.20. The maximum Gasteiger partial charge on any atom is 0.192 e. The lowest BCUT2D eigenvalue weighted by Gasteiger charge is -2.44. The molecule has 3 heterocycles. The molecule has 2 aromatic rings. The third-order valence-electron chi connectivity index (χ3n) is 6.95. The van der Waals surface area contributed by atoms with Crippen molar-refractivity contribution in [3.05, 3.63) is 45.8 Å². The highest BCUT2D eigenvalue weighted by Crippen LogP contribution is 2.38. The van der Waals surface area contributed by atoms with E-state index >= 15 is 0 Å². The lowest BCUT2D eigenvalue weighted by atomic mass is 9.75. The molecule has 0 radical (unpaired) electrons. The van der Waals surface area contributed by atoms with Crippen molar-refractivity contribution in [2.75, 3.05) is 33.0 Å². The van der Waals surface area contributed by atoms with E-state index in [-0.39, 0.29) is 23.1 Å². The van der Waals surface area contributed by atoms with E-state index in [1.807, 2.05) is 37.4 Å². The first-order valence-electron chi connectivity index (χ1n) is 11.7. The maximum absolute atomic E-state index is 12.7. The average molecular weight is 442 g/mol. The number of hydrogen-bond acceptors (Lipinski definition) is 5. The molecule has 0 amide bonds. The van der Waals surface area contributed by atoms with E-state index in [0.717, 1.165) is 48.4 Å². The second-order valence-electron chi connectivity index (χ2n) is 9.20. The maximum atomic E-state index is 12.7. The van der Waals surface area contributed by atoms with Crippen molar-refractivity contribution in [2.24, 2.45) is 5.41 Å². The number of nitrogens with zero attached hydrogens (tertiary/aromatic N) is 1. The van der Waals surface area contributed by atoms with Crippen LogP contribution in [0.15, 0.2) is 29.2 Å².